The van der Waals surface area contributed by atoms with Crippen LogP contribution in [0.25, 0.3) is 0 Å². The summed E-state index contributed by atoms with van der Waals surface area (Å²) in [6.07, 6.45) is 0. The third kappa shape index (κ3) is 3.59. The third-order valence-corrected chi connectivity index (χ3v) is 2.74. The molecule has 0 aliphatic heterocycles. The number of ether oxygens (including phenoxy) is 1. The van der Waals surface area contributed by atoms with Gasteiger partial charge in [-0.05, 0) is 28.1 Å². The van der Waals surface area contributed by atoms with Crippen molar-refractivity contribution in [1.82, 2.24) is 0 Å². The highest BCUT2D eigenvalue weighted by atomic mass is 79.9. The van der Waals surface area contributed by atoms with Gasteiger partial charge in [0.2, 0.25) is 0 Å². The molecule has 0 saturated heterocycles. The quantitative estimate of drug-likeness (QED) is 0.850. The molecule has 88 valence electrons. The molecule has 0 bridgehead atoms. The van der Waals surface area contributed by atoms with Crippen molar-refractivity contribution < 1.29 is 13.9 Å². The van der Waals surface area contributed by atoms with E-state index in [0.717, 1.165) is 0 Å². The fourth-order valence-electron chi connectivity index (χ4n) is 0.932. The topological polar surface area (TPSA) is 26.3 Å². The minimum atomic E-state index is -0.437. The second-order valence-corrected chi connectivity index (χ2v) is 5.39. The van der Waals surface area contributed by atoms with E-state index in [4.69, 9.17) is 4.74 Å². The predicted octanol–water partition coefficient (Wildman–Crippen LogP) is 3.58. The summed E-state index contributed by atoms with van der Waals surface area (Å²) in [5.41, 5.74) is -0.437. The first kappa shape index (κ1) is 13.2. The largest absolute Gasteiger partial charge is 0.486 e. The predicted molar refractivity (Wildman–Crippen MR) is 64.1 cm³/mol. The SMILES string of the molecule is CC(C)(C)C(=O)COc1ccc(Br)c(F)c1. The molecule has 0 aromatic heterocycles. The van der Waals surface area contributed by atoms with Gasteiger partial charge in [0.25, 0.3) is 0 Å². The van der Waals surface area contributed by atoms with Crippen LogP contribution in [-0.2, 0) is 4.79 Å². The summed E-state index contributed by atoms with van der Waals surface area (Å²) in [5.74, 6) is -0.0603. The van der Waals surface area contributed by atoms with E-state index in [-0.39, 0.29) is 12.4 Å². The first-order valence-electron chi connectivity index (χ1n) is 4.92. The maximum atomic E-state index is 13.1. The highest BCUT2D eigenvalue weighted by Crippen LogP contribution is 2.22. The molecule has 16 heavy (non-hydrogen) atoms. The number of rotatable bonds is 3. The molecule has 0 amide bonds. The van der Waals surface area contributed by atoms with Gasteiger partial charge in [0.15, 0.2) is 5.78 Å². The van der Waals surface area contributed by atoms with E-state index in [1.165, 1.54) is 6.07 Å². The molecule has 0 fully saturated rings. The summed E-state index contributed by atoms with van der Waals surface area (Å²) in [5, 5.41) is 0. The van der Waals surface area contributed by atoms with Crippen LogP contribution in [0, 0.1) is 11.2 Å². The van der Waals surface area contributed by atoms with E-state index in [9.17, 15) is 9.18 Å². The monoisotopic (exact) mass is 288 g/mol. The third-order valence-electron chi connectivity index (χ3n) is 2.10. The molecule has 0 radical (unpaired) electrons. The molecule has 0 heterocycles. The van der Waals surface area contributed by atoms with Crippen LogP contribution < -0.4 is 4.74 Å². The van der Waals surface area contributed by atoms with Gasteiger partial charge in [-0.1, -0.05) is 20.8 Å². The summed E-state index contributed by atoms with van der Waals surface area (Å²) in [4.78, 5) is 11.6. The molecule has 1 rings (SSSR count). The lowest BCUT2D eigenvalue weighted by molar-refractivity contribution is -0.128. The molecule has 0 atom stereocenters. The molecule has 2 nitrogen and oxygen atoms in total. The van der Waals surface area contributed by atoms with E-state index in [2.05, 4.69) is 15.9 Å². The van der Waals surface area contributed by atoms with Crippen molar-refractivity contribution in [2.24, 2.45) is 5.41 Å². The van der Waals surface area contributed by atoms with Crippen LogP contribution in [0.4, 0.5) is 4.39 Å². The fourth-order valence-corrected chi connectivity index (χ4v) is 1.18. The fraction of sp³-hybridized carbons (Fsp3) is 0.417. The number of Topliss-reactive ketones (excluding diaryl/α,β-unsaturated/α-hetero) is 1. The molecular formula is C12H14BrFO2. The van der Waals surface area contributed by atoms with Crippen LogP contribution >= 0.6 is 15.9 Å². The lowest BCUT2D eigenvalue weighted by Crippen LogP contribution is -2.26. The summed E-state index contributed by atoms with van der Waals surface area (Å²) >= 11 is 3.04. The molecule has 0 unspecified atom stereocenters. The minimum absolute atomic E-state index is 0.0178. The summed E-state index contributed by atoms with van der Waals surface area (Å²) in [7, 11) is 0. The molecular weight excluding hydrogens is 275 g/mol. The Kier molecular flexibility index (Phi) is 4.08. The lowest BCUT2D eigenvalue weighted by Gasteiger charge is -2.16. The van der Waals surface area contributed by atoms with Crippen molar-refractivity contribution in [1.29, 1.82) is 0 Å². The molecule has 0 saturated carbocycles. The van der Waals surface area contributed by atoms with E-state index in [0.29, 0.717) is 10.2 Å². The first-order valence-corrected chi connectivity index (χ1v) is 5.71. The maximum Gasteiger partial charge on any atom is 0.175 e. The van der Waals surface area contributed by atoms with E-state index >= 15 is 0 Å². The van der Waals surface area contributed by atoms with E-state index in [1.54, 1.807) is 12.1 Å². The molecule has 0 aliphatic carbocycles. The Hall–Kier alpha value is -0.900. The van der Waals surface area contributed by atoms with Gasteiger partial charge in [-0.3, -0.25) is 4.79 Å². The van der Waals surface area contributed by atoms with Crippen LogP contribution in [0.1, 0.15) is 20.8 Å². The molecule has 4 heteroatoms. The number of halogens is 2. The van der Waals surface area contributed by atoms with Gasteiger partial charge in [-0.25, -0.2) is 4.39 Å². The second-order valence-electron chi connectivity index (χ2n) is 4.54. The van der Waals surface area contributed by atoms with Crippen molar-refractivity contribution in [2.45, 2.75) is 20.8 Å². The highest BCUT2D eigenvalue weighted by molar-refractivity contribution is 9.10. The normalized spacial score (nSPS) is 11.3. The van der Waals surface area contributed by atoms with Crippen molar-refractivity contribution in [3.05, 3.63) is 28.5 Å². The average molecular weight is 289 g/mol. The van der Waals surface area contributed by atoms with Crippen molar-refractivity contribution >= 4 is 21.7 Å². The maximum absolute atomic E-state index is 13.1. The Morgan fingerprint density at radius 3 is 2.56 bits per heavy atom. The molecule has 1 aromatic carbocycles. The minimum Gasteiger partial charge on any atom is -0.486 e. The van der Waals surface area contributed by atoms with Gasteiger partial charge >= 0.3 is 0 Å². The van der Waals surface area contributed by atoms with Gasteiger partial charge in [0.05, 0.1) is 4.47 Å². The first-order chi connectivity index (χ1) is 7.30. The Labute approximate surface area is 103 Å². The summed E-state index contributed by atoms with van der Waals surface area (Å²) < 4.78 is 18.7. The number of carbonyl (C=O) groups excluding carboxylic acids is 1. The second kappa shape index (κ2) is 4.95. The zero-order valence-corrected chi connectivity index (χ0v) is 11.1. The van der Waals surface area contributed by atoms with E-state index in [1.807, 2.05) is 20.8 Å². The zero-order chi connectivity index (χ0) is 12.3. The summed E-state index contributed by atoms with van der Waals surface area (Å²) in [6, 6.07) is 4.41. The van der Waals surface area contributed by atoms with Crippen LogP contribution in [0.2, 0.25) is 0 Å². The van der Waals surface area contributed by atoms with Gasteiger partial charge in [0.1, 0.15) is 18.2 Å². The van der Waals surface area contributed by atoms with Gasteiger partial charge in [0, 0.05) is 11.5 Å². The Bertz CT molecular complexity index is 396. The van der Waals surface area contributed by atoms with Gasteiger partial charge in [-0.15, -0.1) is 0 Å². The smallest absolute Gasteiger partial charge is 0.175 e. The van der Waals surface area contributed by atoms with Crippen LogP contribution in [0.5, 0.6) is 5.75 Å². The van der Waals surface area contributed by atoms with Crippen LogP contribution in [0.15, 0.2) is 22.7 Å². The molecule has 0 spiro atoms. The van der Waals surface area contributed by atoms with Crippen LogP contribution in [0.3, 0.4) is 0 Å². The number of carbonyl (C=O) groups is 1. The number of hydrogen-bond acceptors (Lipinski definition) is 2. The lowest BCUT2D eigenvalue weighted by atomic mass is 9.91. The highest BCUT2D eigenvalue weighted by Gasteiger charge is 2.21. The Balaban J connectivity index is 2.62. The van der Waals surface area contributed by atoms with Crippen LogP contribution in [-0.4, -0.2) is 12.4 Å². The number of ketones is 1. The Morgan fingerprint density at radius 1 is 1.44 bits per heavy atom. The number of hydrogen-bond donors (Lipinski definition) is 0. The Morgan fingerprint density at radius 2 is 2.06 bits per heavy atom. The molecule has 0 N–H and O–H groups in total. The van der Waals surface area contributed by atoms with Crippen molar-refractivity contribution in [2.75, 3.05) is 6.61 Å². The standard InChI is InChI=1S/C12H14BrFO2/c1-12(2,3)11(15)7-16-8-4-5-9(13)10(14)6-8/h4-6H,7H2,1-3H3. The van der Waals surface area contributed by atoms with Gasteiger partial charge < -0.3 is 4.74 Å². The average Bonchev–Trinajstić information content (AvgIpc) is 2.18. The van der Waals surface area contributed by atoms with Crippen molar-refractivity contribution in [3.8, 4) is 5.75 Å². The van der Waals surface area contributed by atoms with Crippen molar-refractivity contribution in [3.63, 3.8) is 0 Å². The summed E-state index contributed by atoms with van der Waals surface area (Å²) in [6.45, 7) is 5.42. The van der Waals surface area contributed by atoms with Gasteiger partial charge in [-0.2, -0.15) is 0 Å². The number of benzene rings is 1. The zero-order valence-electron chi connectivity index (χ0n) is 9.51. The molecule has 1 aromatic rings. The van der Waals surface area contributed by atoms with E-state index < -0.39 is 11.2 Å². The molecule has 0 aliphatic rings.